The second-order valence-corrected chi connectivity index (χ2v) is 13.7. The van der Waals surface area contributed by atoms with E-state index >= 15 is 0 Å². The summed E-state index contributed by atoms with van der Waals surface area (Å²) in [6.45, 7) is 7.90. The Labute approximate surface area is 261 Å². The van der Waals surface area contributed by atoms with E-state index in [2.05, 4.69) is 16.0 Å². The van der Waals surface area contributed by atoms with Crippen molar-refractivity contribution in [1.82, 2.24) is 20.3 Å². The third-order valence-corrected chi connectivity index (χ3v) is 9.29. The lowest BCUT2D eigenvalue weighted by atomic mass is 9.98. The number of amides is 2. The standard InChI is InChI=1S/C32H48N4O7S/c1-24(2)23-36(44(40,41)28-10-11-29-27(19-28)12-16-43-29)32(39,20-26-8-6-5-7-9-26)13-14-34-30(37)18-25(3)21-35-31(38)22-33-15-17-42-4/h5-11,19,24-25,33,39H,12-18,20-23H2,1-4H3,(H,34,37)(H,35,38). The summed E-state index contributed by atoms with van der Waals surface area (Å²) in [6, 6.07) is 14.1. The second kappa shape index (κ2) is 16.9. The van der Waals surface area contributed by atoms with Gasteiger partial charge in [0.05, 0.1) is 24.7 Å². The number of methoxy groups -OCH3 is 1. The summed E-state index contributed by atoms with van der Waals surface area (Å²) in [7, 11) is -2.54. The second-order valence-electron chi connectivity index (χ2n) is 11.8. The normalized spacial score (nSPS) is 15.0. The minimum atomic E-state index is -4.13. The van der Waals surface area contributed by atoms with Gasteiger partial charge < -0.3 is 30.5 Å². The van der Waals surface area contributed by atoms with E-state index in [0.29, 0.717) is 38.5 Å². The van der Waals surface area contributed by atoms with Crippen molar-refractivity contribution in [3.63, 3.8) is 0 Å². The molecule has 4 N–H and O–H groups in total. The van der Waals surface area contributed by atoms with E-state index in [1.165, 1.54) is 10.4 Å². The van der Waals surface area contributed by atoms with Gasteiger partial charge in [-0.15, -0.1) is 0 Å². The first kappa shape index (κ1) is 35.4. The van der Waals surface area contributed by atoms with Crippen molar-refractivity contribution in [1.29, 1.82) is 0 Å². The minimum Gasteiger partial charge on any atom is -0.493 e. The van der Waals surface area contributed by atoms with Gasteiger partial charge in [0, 0.05) is 59.0 Å². The van der Waals surface area contributed by atoms with Crippen LogP contribution in [0.3, 0.4) is 0 Å². The van der Waals surface area contributed by atoms with Crippen LogP contribution in [0, 0.1) is 11.8 Å². The molecule has 2 unspecified atom stereocenters. The highest BCUT2D eigenvalue weighted by atomic mass is 32.2. The Morgan fingerprint density at radius 3 is 2.52 bits per heavy atom. The van der Waals surface area contributed by atoms with E-state index < -0.39 is 15.7 Å². The molecule has 1 aliphatic rings. The quantitative estimate of drug-likeness (QED) is 0.136. The predicted octanol–water partition coefficient (Wildman–Crippen LogP) is 2.08. The highest BCUT2D eigenvalue weighted by molar-refractivity contribution is 7.89. The molecule has 244 valence electrons. The van der Waals surface area contributed by atoms with Gasteiger partial charge in [0.2, 0.25) is 21.8 Å². The molecule has 0 radical (unpaired) electrons. The molecule has 44 heavy (non-hydrogen) atoms. The zero-order valence-electron chi connectivity index (χ0n) is 26.3. The molecule has 0 saturated carbocycles. The summed E-state index contributed by atoms with van der Waals surface area (Å²) in [4.78, 5) is 24.9. The molecule has 12 heteroatoms. The first-order chi connectivity index (χ1) is 20.9. The van der Waals surface area contributed by atoms with Crippen molar-refractivity contribution in [3.05, 3.63) is 59.7 Å². The highest BCUT2D eigenvalue weighted by Gasteiger charge is 2.43. The molecule has 0 saturated heterocycles. The molecule has 2 amide bonds. The van der Waals surface area contributed by atoms with Gasteiger partial charge in [0.15, 0.2) is 0 Å². The van der Waals surface area contributed by atoms with Crippen LogP contribution in [0.5, 0.6) is 5.75 Å². The van der Waals surface area contributed by atoms with Crippen molar-refractivity contribution in [2.24, 2.45) is 11.8 Å². The Morgan fingerprint density at radius 1 is 1.07 bits per heavy atom. The Kier molecular flexibility index (Phi) is 13.6. The van der Waals surface area contributed by atoms with Crippen LogP contribution in [0.1, 0.15) is 44.7 Å². The molecule has 2 aromatic rings. The lowest BCUT2D eigenvalue weighted by Crippen LogP contribution is -2.55. The largest absolute Gasteiger partial charge is 0.493 e. The van der Waals surface area contributed by atoms with E-state index in [1.807, 2.05) is 51.1 Å². The van der Waals surface area contributed by atoms with Crippen LogP contribution < -0.4 is 20.7 Å². The number of carbonyl (C=O) groups is 2. The molecule has 1 heterocycles. The molecule has 0 aliphatic carbocycles. The summed E-state index contributed by atoms with van der Waals surface area (Å²) in [5.41, 5.74) is -0.223. The fraction of sp³-hybridized carbons (Fsp3) is 0.562. The molecule has 2 aromatic carbocycles. The molecular weight excluding hydrogens is 584 g/mol. The number of hydrogen-bond donors (Lipinski definition) is 4. The van der Waals surface area contributed by atoms with E-state index in [0.717, 1.165) is 11.1 Å². The Hall–Kier alpha value is -3.03. The molecule has 11 nitrogen and oxygen atoms in total. The van der Waals surface area contributed by atoms with Crippen molar-refractivity contribution in [2.75, 3.05) is 53.0 Å². The Balaban J connectivity index is 1.70. The minimum absolute atomic E-state index is 0.0219. The topological polar surface area (TPSA) is 146 Å². The molecule has 2 atom stereocenters. The molecule has 0 fully saturated rings. The van der Waals surface area contributed by atoms with Crippen molar-refractivity contribution in [3.8, 4) is 5.75 Å². The Morgan fingerprint density at radius 2 is 1.82 bits per heavy atom. The van der Waals surface area contributed by atoms with E-state index in [9.17, 15) is 23.1 Å². The number of rotatable bonds is 19. The lowest BCUT2D eigenvalue weighted by molar-refractivity contribution is -0.124. The first-order valence-corrected chi connectivity index (χ1v) is 16.7. The molecule has 0 bridgehead atoms. The van der Waals surface area contributed by atoms with E-state index in [-0.39, 0.29) is 67.4 Å². The number of aliphatic hydroxyl groups is 1. The van der Waals surface area contributed by atoms with Gasteiger partial charge in [-0.1, -0.05) is 51.1 Å². The molecule has 3 rings (SSSR count). The first-order valence-electron chi connectivity index (χ1n) is 15.2. The molecular formula is C32H48N4O7S. The van der Waals surface area contributed by atoms with Gasteiger partial charge in [0.25, 0.3) is 0 Å². The number of fused-ring (bicyclic) bond motifs is 1. The zero-order valence-corrected chi connectivity index (χ0v) is 27.1. The number of hydrogen-bond acceptors (Lipinski definition) is 8. The number of sulfonamides is 1. The molecule has 0 spiro atoms. The number of ether oxygens (including phenoxy) is 2. The third-order valence-electron chi connectivity index (χ3n) is 7.37. The maximum absolute atomic E-state index is 14.2. The molecule has 0 aromatic heterocycles. The number of nitrogens with one attached hydrogen (secondary N) is 3. The van der Waals surface area contributed by atoms with E-state index in [4.69, 9.17) is 9.47 Å². The summed E-state index contributed by atoms with van der Waals surface area (Å²) < 4.78 is 40.0. The summed E-state index contributed by atoms with van der Waals surface area (Å²) in [5, 5.41) is 20.8. The average molecular weight is 633 g/mol. The monoisotopic (exact) mass is 632 g/mol. The zero-order chi connectivity index (χ0) is 32.2. The van der Waals surface area contributed by atoms with Crippen LogP contribution >= 0.6 is 0 Å². The maximum atomic E-state index is 14.2. The van der Waals surface area contributed by atoms with Gasteiger partial charge >= 0.3 is 0 Å². The van der Waals surface area contributed by atoms with Gasteiger partial charge in [-0.2, -0.15) is 4.31 Å². The molecule has 1 aliphatic heterocycles. The van der Waals surface area contributed by atoms with Gasteiger partial charge in [-0.3, -0.25) is 9.59 Å². The highest BCUT2D eigenvalue weighted by Crippen LogP contribution is 2.33. The smallest absolute Gasteiger partial charge is 0.245 e. The van der Waals surface area contributed by atoms with Crippen molar-refractivity contribution < 1.29 is 32.6 Å². The van der Waals surface area contributed by atoms with Gasteiger partial charge in [-0.25, -0.2) is 8.42 Å². The van der Waals surface area contributed by atoms with Gasteiger partial charge in [-0.05, 0) is 41.2 Å². The average Bonchev–Trinajstić information content (AvgIpc) is 3.45. The predicted molar refractivity (Wildman–Crippen MR) is 169 cm³/mol. The number of benzene rings is 2. The fourth-order valence-corrected chi connectivity index (χ4v) is 6.97. The van der Waals surface area contributed by atoms with Crippen LogP contribution in [-0.4, -0.2) is 88.4 Å². The summed E-state index contributed by atoms with van der Waals surface area (Å²) in [5.74, 6) is 0.0631. The van der Waals surface area contributed by atoms with Gasteiger partial charge in [0.1, 0.15) is 11.5 Å². The SMILES string of the molecule is COCCNCC(=O)NCC(C)CC(=O)NCCC(O)(Cc1ccccc1)N(CC(C)C)S(=O)(=O)c1ccc2c(c1)CCO2. The van der Waals surface area contributed by atoms with Crippen LogP contribution in [0.4, 0.5) is 0 Å². The van der Waals surface area contributed by atoms with Crippen molar-refractivity contribution in [2.45, 2.75) is 57.1 Å². The number of carbonyl (C=O) groups excluding carboxylic acids is 2. The Bertz CT molecular complexity index is 1320. The third kappa shape index (κ3) is 10.6. The van der Waals surface area contributed by atoms with Crippen LogP contribution in [0.25, 0.3) is 0 Å². The number of nitrogens with zero attached hydrogens (tertiary/aromatic N) is 1. The van der Waals surface area contributed by atoms with Crippen LogP contribution in [0.15, 0.2) is 53.4 Å². The lowest BCUT2D eigenvalue weighted by Gasteiger charge is -2.40. The van der Waals surface area contributed by atoms with Crippen LogP contribution in [-0.2, 0) is 37.2 Å². The summed E-state index contributed by atoms with van der Waals surface area (Å²) >= 11 is 0. The summed E-state index contributed by atoms with van der Waals surface area (Å²) in [6.07, 6.45) is 0.812. The van der Waals surface area contributed by atoms with E-state index in [1.54, 1.807) is 19.2 Å². The fourth-order valence-electron chi connectivity index (χ4n) is 5.09. The maximum Gasteiger partial charge on any atom is 0.245 e. The van der Waals surface area contributed by atoms with Crippen molar-refractivity contribution >= 4 is 21.8 Å². The van der Waals surface area contributed by atoms with Crippen LogP contribution in [0.2, 0.25) is 0 Å².